The highest BCUT2D eigenvalue weighted by atomic mass is 35.5. The summed E-state index contributed by atoms with van der Waals surface area (Å²) < 4.78 is 40.9. The Labute approximate surface area is 177 Å². The maximum Gasteiger partial charge on any atom is 0.418 e. The van der Waals surface area contributed by atoms with E-state index in [1.807, 2.05) is 0 Å². The van der Waals surface area contributed by atoms with E-state index in [1.54, 1.807) is 0 Å². The highest BCUT2D eigenvalue weighted by molar-refractivity contribution is 7.22. The number of hydrogen-bond acceptors (Lipinski definition) is 6. The van der Waals surface area contributed by atoms with Crippen molar-refractivity contribution in [2.24, 2.45) is 0 Å². The average molecular weight is 458 g/mol. The van der Waals surface area contributed by atoms with Crippen LogP contribution in [-0.4, -0.2) is 33.5 Å². The summed E-state index contributed by atoms with van der Waals surface area (Å²) in [5, 5.41) is 2.79. The molecule has 1 N–H and O–H groups in total. The number of nitrogens with one attached hydrogen (secondary N) is 1. The van der Waals surface area contributed by atoms with Gasteiger partial charge < -0.3 is 10.2 Å². The standard InChI is InChI=1S/C18H15ClF3N5O2S/c19-10-3-4-12(11(7-10)18(20,21)22)24-13(28)8-27-9-23-15-14(16(27)29)30-17(25-15)26-5-1-2-6-26/h3-4,7,9H,1-2,5-6,8H2,(H,24,28). The van der Waals surface area contributed by atoms with Crippen molar-refractivity contribution in [3.05, 3.63) is 45.5 Å². The smallest absolute Gasteiger partial charge is 0.348 e. The van der Waals surface area contributed by atoms with E-state index in [9.17, 15) is 22.8 Å². The molecule has 1 saturated heterocycles. The molecule has 0 bridgehead atoms. The highest BCUT2D eigenvalue weighted by Gasteiger charge is 2.34. The number of fused-ring (bicyclic) bond motifs is 1. The van der Waals surface area contributed by atoms with Gasteiger partial charge in [0.15, 0.2) is 10.8 Å². The third-order valence-electron chi connectivity index (χ3n) is 4.62. The van der Waals surface area contributed by atoms with Gasteiger partial charge in [0.05, 0.1) is 11.3 Å². The molecule has 3 aromatic rings. The van der Waals surface area contributed by atoms with Gasteiger partial charge in [-0.05, 0) is 31.0 Å². The molecule has 1 aliphatic rings. The predicted octanol–water partition coefficient (Wildman–Crippen LogP) is 3.76. The molecule has 1 aromatic carbocycles. The third-order valence-corrected chi connectivity index (χ3v) is 5.95. The number of amides is 1. The third kappa shape index (κ3) is 4.12. The molecular weight excluding hydrogens is 443 g/mol. The van der Waals surface area contributed by atoms with Crippen LogP contribution >= 0.6 is 22.9 Å². The van der Waals surface area contributed by atoms with Crippen LogP contribution in [0, 0.1) is 0 Å². The number of anilines is 2. The fourth-order valence-corrected chi connectivity index (χ4v) is 4.39. The van der Waals surface area contributed by atoms with Crippen LogP contribution in [0.2, 0.25) is 5.02 Å². The van der Waals surface area contributed by atoms with Gasteiger partial charge in [-0.1, -0.05) is 22.9 Å². The van der Waals surface area contributed by atoms with E-state index in [4.69, 9.17) is 11.6 Å². The van der Waals surface area contributed by atoms with E-state index < -0.39 is 35.4 Å². The predicted molar refractivity (Wildman–Crippen MR) is 108 cm³/mol. The Bertz CT molecular complexity index is 1170. The van der Waals surface area contributed by atoms with E-state index in [1.165, 1.54) is 23.7 Å². The van der Waals surface area contributed by atoms with Crippen molar-refractivity contribution in [1.29, 1.82) is 0 Å². The zero-order valence-electron chi connectivity index (χ0n) is 15.4. The lowest BCUT2D eigenvalue weighted by atomic mass is 10.1. The Balaban J connectivity index is 1.57. The van der Waals surface area contributed by atoms with E-state index in [0.717, 1.165) is 42.6 Å². The van der Waals surface area contributed by atoms with E-state index in [-0.39, 0.29) is 5.02 Å². The molecule has 0 atom stereocenters. The van der Waals surface area contributed by atoms with Crippen LogP contribution in [0.15, 0.2) is 29.3 Å². The summed E-state index contributed by atoms with van der Waals surface area (Å²) in [4.78, 5) is 35.6. The molecule has 158 valence electrons. The van der Waals surface area contributed by atoms with E-state index in [2.05, 4.69) is 20.2 Å². The summed E-state index contributed by atoms with van der Waals surface area (Å²) in [6.07, 6.45) is -1.42. The zero-order valence-corrected chi connectivity index (χ0v) is 16.9. The topological polar surface area (TPSA) is 80.1 Å². The summed E-state index contributed by atoms with van der Waals surface area (Å²) in [7, 11) is 0. The Kier molecular flexibility index (Phi) is 5.41. The van der Waals surface area contributed by atoms with Crippen LogP contribution < -0.4 is 15.8 Å². The van der Waals surface area contributed by atoms with Gasteiger partial charge in [-0.15, -0.1) is 0 Å². The van der Waals surface area contributed by atoms with E-state index >= 15 is 0 Å². The molecule has 1 aliphatic heterocycles. The molecule has 3 heterocycles. The van der Waals surface area contributed by atoms with Crippen LogP contribution in [0.1, 0.15) is 18.4 Å². The van der Waals surface area contributed by atoms with Crippen LogP contribution in [0.25, 0.3) is 10.3 Å². The number of carbonyl (C=O) groups excluding carboxylic acids is 1. The summed E-state index contributed by atoms with van der Waals surface area (Å²) in [6, 6.07) is 3.04. The Morgan fingerprint density at radius 3 is 2.70 bits per heavy atom. The number of carbonyl (C=O) groups is 1. The Morgan fingerprint density at radius 1 is 1.27 bits per heavy atom. The Morgan fingerprint density at radius 2 is 2.00 bits per heavy atom. The monoisotopic (exact) mass is 457 g/mol. The van der Waals surface area contributed by atoms with Gasteiger partial charge in [0.2, 0.25) is 5.91 Å². The SMILES string of the molecule is O=C(Cn1cnc2nc(N3CCCC3)sc2c1=O)Nc1ccc(Cl)cc1C(F)(F)F. The summed E-state index contributed by atoms with van der Waals surface area (Å²) >= 11 is 6.84. The van der Waals surface area contributed by atoms with Gasteiger partial charge in [-0.25, -0.2) is 4.98 Å². The van der Waals surface area contributed by atoms with Crippen LogP contribution in [-0.2, 0) is 17.5 Å². The maximum atomic E-state index is 13.2. The number of hydrogen-bond donors (Lipinski definition) is 1. The second kappa shape index (κ2) is 7.88. The van der Waals surface area contributed by atoms with Gasteiger partial charge >= 0.3 is 6.18 Å². The van der Waals surface area contributed by atoms with Gasteiger partial charge in [0, 0.05) is 18.1 Å². The molecule has 1 amide bonds. The molecule has 12 heteroatoms. The minimum Gasteiger partial charge on any atom is -0.348 e. The van der Waals surface area contributed by atoms with Crippen LogP contribution in [0.5, 0.6) is 0 Å². The van der Waals surface area contributed by atoms with Gasteiger partial charge in [-0.3, -0.25) is 14.2 Å². The molecule has 30 heavy (non-hydrogen) atoms. The minimum absolute atomic E-state index is 0.106. The second-order valence-corrected chi connectivity index (χ2v) is 8.17. The first-order valence-electron chi connectivity index (χ1n) is 9.00. The fourth-order valence-electron chi connectivity index (χ4n) is 3.20. The van der Waals surface area contributed by atoms with E-state index in [0.29, 0.717) is 15.5 Å². The van der Waals surface area contributed by atoms with Gasteiger partial charge in [0.25, 0.3) is 5.56 Å². The van der Waals surface area contributed by atoms with Gasteiger partial charge in [0.1, 0.15) is 17.6 Å². The highest BCUT2D eigenvalue weighted by Crippen LogP contribution is 2.36. The molecular formula is C18H15ClF3N5O2S. The quantitative estimate of drug-likeness (QED) is 0.645. The molecule has 0 saturated carbocycles. The fraction of sp³-hybridized carbons (Fsp3) is 0.333. The molecule has 0 aliphatic carbocycles. The summed E-state index contributed by atoms with van der Waals surface area (Å²) in [5.41, 5.74) is -1.68. The lowest BCUT2D eigenvalue weighted by Gasteiger charge is -2.14. The molecule has 7 nitrogen and oxygen atoms in total. The van der Waals surface area contributed by atoms with Gasteiger partial charge in [-0.2, -0.15) is 18.2 Å². The average Bonchev–Trinajstić information content (AvgIpc) is 3.34. The molecule has 2 aromatic heterocycles. The number of aromatic nitrogens is 3. The lowest BCUT2D eigenvalue weighted by molar-refractivity contribution is -0.137. The Hall–Kier alpha value is -2.66. The van der Waals surface area contributed by atoms with Crippen molar-refractivity contribution in [3.63, 3.8) is 0 Å². The normalized spacial score (nSPS) is 14.5. The van der Waals surface area contributed by atoms with Crippen LogP contribution in [0.3, 0.4) is 0 Å². The first kappa shape index (κ1) is 20.6. The number of alkyl halides is 3. The maximum absolute atomic E-state index is 13.2. The number of halogens is 4. The summed E-state index contributed by atoms with van der Waals surface area (Å²) in [5.74, 6) is -0.796. The van der Waals surface area contributed by atoms with Crippen LogP contribution in [0.4, 0.5) is 24.0 Å². The lowest BCUT2D eigenvalue weighted by Crippen LogP contribution is -2.28. The van der Waals surface area contributed by atoms with Crippen molar-refractivity contribution in [2.45, 2.75) is 25.6 Å². The van der Waals surface area contributed by atoms with Crippen molar-refractivity contribution in [3.8, 4) is 0 Å². The van der Waals surface area contributed by atoms with Crippen molar-refractivity contribution in [1.82, 2.24) is 14.5 Å². The number of benzene rings is 1. The number of nitrogens with zero attached hydrogens (tertiary/aromatic N) is 4. The molecule has 0 unspecified atom stereocenters. The molecule has 0 radical (unpaired) electrons. The van der Waals surface area contributed by atoms with Crippen molar-refractivity contribution in [2.75, 3.05) is 23.3 Å². The first-order chi connectivity index (χ1) is 14.2. The zero-order chi connectivity index (χ0) is 21.5. The minimum atomic E-state index is -4.70. The second-order valence-electron chi connectivity index (χ2n) is 6.76. The first-order valence-corrected chi connectivity index (χ1v) is 10.2. The van der Waals surface area contributed by atoms with Crippen molar-refractivity contribution < 1.29 is 18.0 Å². The molecule has 0 spiro atoms. The molecule has 1 fully saturated rings. The molecule has 4 rings (SSSR count). The largest absolute Gasteiger partial charge is 0.418 e. The summed E-state index contributed by atoms with van der Waals surface area (Å²) in [6.45, 7) is 1.23. The number of thiazole rings is 1. The van der Waals surface area contributed by atoms with Crippen molar-refractivity contribution >= 4 is 50.0 Å². The number of rotatable bonds is 4.